The zero-order chi connectivity index (χ0) is 31.7. The van der Waals surface area contributed by atoms with Gasteiger partial charge in [0.15, 0.2) is 0 Å². The van der Waals surface area contributed by atoms with Gasteiger partial charge in [-0.2, -0.15) is 0 Å². The molecule has 0 saturated carbocycles. The number of fused-ring (bicyclic) bond motifs is 11. The number of anilines is 3. The quantitative estimate of drug-likeness (QED) is 0.192. The van der Waals surface area contributed by atoms with Gasteiger partial charge in [-0.3, -0.25) is 0 Å². The van der Waals surface area contributed by atoms with Gasteiger partial charge in [-0.1, -0.05) is 158 Å². The maximum absolute atomic E-state index is 2.47. The molecule has 10 rings (SSSR count). The smallest absolute Gasteiger partial charge is 0.0726 e. The molecule has 1 spiro atoms. The van der Waals surface area contributed by atoms with Crippen molar-refractivity contribution in [3.63, 3.8) is 0 Å². The Labute approximate surface area is 281 Å². The number of hydrogen-bond acceptors (Lipinski definition) is 1. The fourth-order valence-corrected chi connectivity index (χ4v) is 8.57. The molecule has 0 fully saturated rings. The molecule has 1 nitrogen and oxygen atoms in total. The third-order valence-corrected chi connectivity index (χ3v) is 10.5. The van der Waals surface area contributed by atoms with Gasteiger partial charge < -0.3 is 4.90 Å². The van der Waals surface area contributed by atoms with Crippen LogP contribution in [0.1, 0.15) is 22.3 Å². The summed E-state index contributed by atoms with van der Waals surface area (Å²) in [6, 6.07) is 69.2. The highest BCUT2D eigenvalue weighted by atomic mass is 15.1. The van der Waals surface area contributed by atoms with E-state index in [1.54, 1.807) is 0 Å². The molecule has 0 heterocycles. The minimum Gasteiger partial charge on any atom is -0.310 e. The molecule has 1 heteroatoms. The predicted octanol–water partition coefficient (Wildman–Crippen LogP) is 12.3. The number of nitrogens with zero attached hydrogens (tertiary/aromatic N) is 1. The van der Waals surface area contributed by atoms with Gasteiger partial charge in [0.25, 0.3) is 0 Å². The molecule has 0 unspecified atom stereocenters. The summed E-state index contributed by atoms with van der Waals surface area (Å²) in [5.41, 5.74) is 16.2. The molecule has 0 N–H and O–H groups in total. The lowest BCUT2D eigenvalue weighted by Gasteiger charge is -2.32. The van der Waals surface area contributed by atoms with Crippen LogP contribution in [0.2, 0.25) is 0 Å². The van der Waals surface area contributed by atoms with Crippen molar-refractivity contribution in [3.8, 4) is 33.4 Å². The first-order valence-electron chi connectivity index (χ1n) is 16.7. The van der Waals surface area contributed by atoms with Crippen LogP contribution in [-0.4, -0.2) is 0 Å². The van der Waals surface area contributed by atoms with Crippen molar-refractivity contribution in [2.75, 3.05) is 4.90 Å². The number of para-hydroxylation sites is 1. The van der Waals surface area contributed by atoms with Crippen LogP contribution in [0.4, 0.5) is 17.1 Å². The zero-order valence-corrected chi connectivity index (χ0v) is 26.3. The molecule has 48 heavy (non-hydrogen) atoms. The van der Waals surface area contributed by atoms with Gasteiger partial charge in [-0.25, -0.2) is 0 Å². The minimum atomic E-state index is -0.392. The summed E-state index contributed by atoms with van der Waals surface area (Å²) in [6.07, 6.45) is 0. The van der Waals surface area contributed by atoms with Crippen molar-refractivity contribution in [2.24, 2.45) is 0 Å². The molecule has 8 aromatic carbocycles. The van der Waals surface area contributed by atoms with Gasteiger partial charge in [0.05, 0.1) is 11.1 Å². The number of hydrogen-bond donors (Lipinski definition) is 0. The van der Waals surface area contributed by atoms with Crippen LogP contribution in [0.15, 0.2) is 188 Å². The molecule has 0 bridgehead atoms. The molecule has 0 atom stereocenters. The summed E-state index contributed by atoms with van der Waals surface area (Å²) < 4.78 is 0. The molecule has 8 aromatic rings. The second-order valence-corrected chi connectivity index (χ2v) is 12.8. The first kappa shape index (κ1) is 27.0. The summed E-state index contributed by atoms with van der Waals surface area (Å²) in [6.45, 7) is 0. The fourth-order valence-electron chi connectivity index (χ4n) is 8.57. The first-order chi connectivity index (χ1) is 23.8. The molecule has 2 aliphatic carbocycles. The molecule has 0 aromatic heterocycles. The largest absolute Gasteiger partial charge is 0.310 e. The van der Waals surface area contributed by atoms with Gasteiger partial charge in [-0.05, 0) is 91.4 Å². The van der Waals surface area contributed by atoms with Gasteiger partial charge >= 0.3 is 0 Å². The monoisotopic (exact) mass is 609 g/mol. The fraction of sp³-hybridized carbons (Fsp3) is 0.0213. The molecule has 0 aliphatic heterocycles. The Morgan fingerprint density at radius 1 is 0.312 bits per heavy atom. The number of benzene rings is 8. The van der Waals surface area contributed by atoms with Crippen LogP contribution in [0.5, 0.6) is 0 Å². The van der Waals surface area contributed by atoms with Crippen LogP contribution < -0.4 is 4.90 Å². The normalized spacial score (nSPS) is 13.2. The summed E-state index contributed by atoms with van der Waals surface area (Å²) in [4.78, 5) is 2.45. The van der Waals surface area contributed by atoms with E-state index in [2.05, 4.69) is 193 Å². The molecule has 0 amide bonds. The third kappa shape index (κ3) is 3.67. The Morgan fingerprint density at radius 2 is 0.792 bits per heavy atom. The van der Waals surface area contributed by atoms with Crippen molar-refractivity contribution in [3.05, 3.63) is 210 Å². The first-order valence-corrected chi connectivity index (χ1v) is 16.7. The molecular weight excluding hydrogens is 579 g/mol. The molecule has 0 radical (unpaired) electrons. The second kappa shape index (κ2) is 10.4. The minimum absolute atomic E-state index is 0.392. The lowest BCUT2D eigenvalue weighted by Crippen LogP contribution is -2.26. The lowest BCUT2D eigenvalue weighted by molar-refractivity contribution is 0.793. The highest BCUT2D eigenvalue weighted by Crippen LogP contribution is 2.63. The van der Waals surface area contributed by atoms with Crippen molar-refractivity contribution < 1.29 is 0 Å². The van der Waals surface area contributed by atoms with Gasteiger partial charge in [0, 0.05) is 16.8 Å². The highest BCUT2D eigenvalue weighted by Gasteiger charge is 2.51. The van der Waals surface area contributed by atoms with E-state index in [4.69, 9.17) is 0 Å². The van der Waals surface area contributed by atoms with E-state index in [0.29, 0.717) is 0 Å². The maximum Gasteiger partial charge on any atom is 0.0726 e. The second-order valence-electron chi connectivity index (χ2n) is 12.8. The van der Waals surface area contributed by atoms with E-state index in [0.717, 1.165) is 17.1 Å². The average molecular weight is 610 g/mol. The Morgan fingerprint density at radius 3 is 1.42 bits per heavy atom. The third-order valence-electron chi connectivity index (χ3n) is 10.5. The Kier molecular flexibility index (Phi) is 5.86. The van der Waals surface area contributed by atoms with Crippen LogP contribution in [0.25, 0.3) is 44.2 Å². The van der Waals surface area contributed by atoms with Crippen LogP contribution >= 0.6 is 0 Å². The standard InChI is InChI=1S/C47H31N/c1-3-15-32(16-4-1)35-29-30-46(41-23-8-7-19-36(35)41)48(33-17-5-2-6-18-33)34-27-28-40-39-22-11-14-26-44(39)47(45(40)31-34)42-24-12-9-20-37(42)38-21-10-13-25-43(38)47/h1-31H. The van der Waals surface area contributed by atoms with Crippen molar-refractivity contribution in [2.45, 2.75) is 5.41 Å². The molecule has 0 saturated heterocycles. The zero-order valence-electron chi connectivity index (χ0n) is 26.3. The predicted molar refractivity (Wildman–Crippen MR) is 200 cm³/mol. The van der Waals surface area contributed by atoms with Crippen LogP contribution in [-0.2, 0) is 5.41 Å². The Bertz CT molecular complexity index is 2450. The summed E-state index contributed by atoms with van der Waals surface area (Å²) in [5.74, 6) is 0. The maximum atomic E-state index is 2.47. The lowest BCUT2D eigenvalue weighted by atomic mass is 9.70. The van der Waals surface area contributed by atoms with Crippen molar-refractivity contribution in [1.29, 1.82) is 0 Å². The van der Waals surface area contributed by atoms with Crippen LogP contribution in [0.3, 0.4) is 0 Å². The van der Waals surface area contributed by atoms with Crippen LogP contribution in [0, 0.1) is 0 Å². The van der Waals surface area contributed by atoms with E-state index in [-0.39, 0.29) is 0 Å². The van der Waals surface area contributed by atoms with E-state index in [1.165, 1.54) is 66.4 Å². The average Bonchev–Trinajstić information content (AvgIpc) is 3.63. The highest BCUT2D eigenvalue weighted by molar-refractivity contribution is 6.06. The van der Waals surface area contributed by atoms with Crippen molar-refractivity contribution >= 4 is 27.8 Å². The van der Waals surface area contributed by atoms with Crippen molar-refractivity contribution in [1.82, 2.24) is 0 Å². The van der Waals surface area contributed by atoms with E-state index in [1.807, 2.05) is 0 Å². The van der Waals surface area contributed by atoms with E-state index in [9.17, 15) is 0 Å². The Hall–Kier alpha value is -6.18. The molecule has 224 valence electrons. The molecule has 2 aliphatic rings. The van der Waals surface area contributed by atoms with E-state index >= 15 is 0 Å². The topological polar surface area (TPSA) is 3.24 Å². The SMILES string of the molecule is c1ccc(-c2ccc(N(c3ccccc3)c3ccc4c(c3)C3(c5ccccc5-c5ccccc53)c3ccccc3-4)c3ccccc23)cc1. The van der Waals surface area contributed by atoms with Gasteiger partial charge in [0.2, 0.25) is 0 Å². The summed E-state index contributed by atoms with van der Waals surface area (Å²) >= 11 is 0. The summed E-state index contributed by atoms with van der Waals surface area (Å²) in [7, 11) is 0. The van der Waals surface area contributed by atoms with E-state index < -0.39 is 5.41 Å². The summed E-state index contributed by atoms with van der Waals surface area (Å²) in [5, 5.41) is 2.46. The Balaban J connectivity index is 1.26. The molecular formula is C47H31N. The number of rotatable bonds is 4. The van der Waals surface area contributed by atoms with Gasteiger partial charge in [-0.15, -0.1) is 0 Å². The van der Waals surface area contributed by atoms with Gasteiger partial charge in [0.1, 0.15) is 0 Å².